The van der Waals surface area contributed by atoms with Crippen molar-refractivity contribution in [3.05, 3.63) is 92.9 Å². The Morgan fingerprint density at radius 1 is 0.893 bits per heavy atom. The van der Waals surface area contributed by atoms with Crippen LogP contribution in [0.2, 0.25) is 10.0 Å². The summed E-state index contributed by atoms with van der Waals surface area (Å²) >= 11 is 15.4. The second kappa shape index (κ2) is 7.41. The van der Waals surface area contributed by atoms with Crippen LogP contribution in [-0.4, -0.2) is 17.7 Å². The highest BCUT2D eigenvalue weighted by Gasteiger charge is 2.51. The van der Waals surface area contributed by atoms with E-state index < -0.39 is 5.72 Å². The molecular weight excluding hydrogens is 463 g/mol. The molecule has 2 amide bonds. The standard InChI is InChI=1S/C21H15BrCl2N2O2/c22-15-3-1-2-14(12-15)21(28)13-25(18-8-4-16(23)5-9-18)20(27)26(21)19-10-6-17(24)7-11-19/h1-12,28H,13H2. The first-order chi connectivity index (χ1) is 13.4. The maximum Gasteiger partial charge on any atom is 0.331 e. The Bertz CT molecular complexity index is 1030. The number of benzene rings is 3. The van der Waals surface area contributed by atoms with E-state index in [0.717, 1.165) is 4.47 Å². The van der Waals surface area contributed by atoms with Crippen molar-refractivity contribution in [2.45, 2.75) is 5.72 Å². The number of carbonyl (C=O) groups is 1. The van der Waals surface area contributed by atoms with Crippen molar-refractivity contribution in [2.75, 3.05) is 16.3 Å². The van der Waals surface area contributed by atoms with Crippen LogP contribution in [0.25, 0.3) is 0 Å². The number of β-amino-alcohol motifs (C(OH)–C–C–N with tert-alkyl or cyclic N) is 1. The molecule has 1 N–H and O–H groups in total. The fourth-order valence-electron chi connectivity index (χ4n) is 3.33. The number of rotatable bonds is 3. The average molecular weight is 478 g/mol. The van der Waals surface area contributed by atoms with Crippen LogP contribution < -0.4 is 9.80 Å². The van der Waals surface area contributed by atoms with Crippen LogP contribution >= 0.6 is 39.1 Å². The highest BCUT2D eigenvalue weighted by Crippen LogP contribution is 2.41. The predicted molar refractivity (Wildman–Crippen MR) is 116 cm³/mol. The topological polar surface area (TPSA) is 43.8 Å². The molecule has 1 aliphatic rings. The Kier molecular flexibility index (Phi) is 5.10. The van der Waals surface area contributed by atoms with Gasteiger partial charge < -0.3 is 5.11 Å². The molecule has 1 heterocycles. The Morgan fingerprint density at radius 2 is 1.46 bits per heavy atom. The second-order valence-corrected chi connectivity index (χ2v) is 8.27. The molecule has 4 rings (SSSR count). The highest BCUT2D eigenvalue weighted by atomic mass is 79.9. The molecule has 1 atom stereocenters. The van der Waals surface area contributed by atoms with Crippen molar-refractivity contribution in [1.82, 2.24) is 0 Å². The van der Waals surface area contributed by atoms with Crippen molar-refractivity contribution >= 4 is 56.5 Å². The van der Waals surface area contributed by atoms with Gasteiger partial charge in [0.15, 0.2) is 5.72 Å². The van der Waals surface area contributed by atoms with Crippen LogP contribution in [-0.2, 0) is 5.72 Å². The van der Waals surface area contributed by atoms with Crippen molar-refractivity contribution < 1.29 is 9.90 Å². The normalized spacial score (nSPS) is 19.4. The number of anilines is 2. The van der Waals surface area contributed by atoms with Crippen LogP contribution in [0.15, 0.2) is 77.3 Å². The monoisotopic (exact) mass is 476 g/mol. The van der Waals surface area contributed by atoms with E-state index >= 15 is 0 Å². The Hall–Kier alpha value is -2.05. The first kappa shape index (κ1) is 19.3. The zero-order valence-corrected chi connectivity index (χ0v) is 17.6. The number of urea groups is 1. The van der Waals surface area contributed by atoms with Crippen molar-refractivity contribution in [3.63, 3.8) is 0 Å². The van der Waals surface area contributed by atoms with Gasteiger partial charge in [-0.05, 0) is 60.7 Å². The summed E-state index contributed by atoms with van der Waals surface area (Å²) in [6.07, 6.45) is 0. The van der Waals surface area contributed by atoms with Gasteiger partial charge in [0.05, 0.1) is 6.54 Å². The summed E-state index contributed by atoms with van der Waals surface area (Å²) in [5.41, 5.74) is 0.239. The van der Waals surface area contributed by atoms with Gasteiger partial charge in [-0.3, -0.25) is 9.80 Å². The lowest BCUT2D eigenvalue weighted by atomic mass is 10.0. The molecule has 3 aromatic rings. The number of hydrogen-bond donors (Lipinski definition) is 1. The van der Waals surface area contributed by atoms with E-state index in [-0.39, 0.29) is 12.6 Å². The van der Waals surface area contributed by atoms with Crippen LogP contribution in [0.1, 0.15) is 5.56 Å². The smallest absolute Gasteiger partial charge is 0.331 e. The minimum Gasteiger partial charge on any atom is -0.365 e. The van der Waals surface area contributed by atoms with Crippen molar-refractivity contribution in [2.24, 2.45) is 0 Å². The molecule has 0 saturated carbocycles. The molecule has 0 aliphatic carbocycles. The fraction of sp³-hybridized carbons (Fsp3) is 0.0952. The molecule has 0 bridgehead atoms. The average Bonchev–Trinajstić information content (AvgIpc) is 2.95. The SMILES string of the molecule is O=C1N(c2ccc(Cl)cc2)CC(O)(c2cccc(Br)c2)N1c1ccc(Cl)cc1. The van der Waals surface area contributed by atoms with Crippen LogP contribution in [0.4, 0.5) is 16.2 Å². The highest BCUT2D eigenvalue weighted by molar-refractivity contribution is 9.10. The summed E-state index contributed by atoms with van der Waals surface area (Å²) in [4.78, 5) is 16.3. The Balaban J connectivity index is 1.84. The number of aliphatic hydroxyl groups is 1. The maximum atomic E-state index is 13.4. The molecule has 7 heteroatoms. The predicted octanol–water partition coefficient (Wildman–Crippen LogP) is 6.05. The number of hydrogen-bond acceptors (Lipinski definition) is 2. The molecule has 0 aromatic heterocycles. The van der Waals surface area contributed by atoms with Gasteiger partial charge >= 0.3 is 6.03 Å². The number of amides is 2. The van der Waals surface area contributed by atoms with E-state index in [0.29, 0.717) is 27.0 Å². The van der Waals surface area contributed by atoms with Gasteiger partial charge in [0.25, 0.3) is 0 Å². The van der Waals surface area contributed by atoms with E-state index in [2.05, 4.69) is 15.9 Å². The molecule has 0 radical (unpaired) electrons. The lowest BCUT2D eigenvalue weighted by molar-refractivity contribution is 0.0655. The first-order valence-corrected chi connectivity index (χ1v) is 10.0. The molecule has 1 aliphatic heterocycles. The first-order valence-electron chi connectivity index (χ1n) is 8.50. The van der Waals surface area contributed by atoms with E-state index in [1.807, 2.05) is 18.2 Å². The van der Waals surface area contributed by atoms with Gasteiger partial charge in [-0.25, -0.2) is 4.79 Å². The summed E-state index contributed by atoms with van der Waals surface area (Å²) < 4.78 is 0.812. The summed E-state index contributed by atoms with van der Waals surface area (Å²) in [6, 6.07) is 20.7. The molecule has 1 fully saturated rings. The molecule has 0 spiro atoms. The third-order valence-electron chi connectivity index (χ3n) is 4.68. The minimum absolute atomic E-state index is 0.0620. The van der Waals surface area contributed by atoms with Crippen molar-refractivity contribution in [1.29, 1.82) is 0 Å². The summed E-state index contributed by atoms with van der Waals surface area (Å²) in [6.45, 7) is 0.0620. The lowest BCUT2D eigenvalue weighted by Gasteiger charge is -2.32. The molecule has 1 saturated heterocycles. The maximum absolute atomic E-state index is 13.4. The Morgan fingerprint density at radius 3 is 2.04 bits per heavy atom. The zero-order chi connectivity index (χ0) is 19.9. The molecule has 3 aromatic carbocycles. The lowest BCUT2D eigenvalue weighted by Crippen LogP contribution is -2.44. The second-order valence-electron chi connectivity index (χ2n) is 6.48. The molecule has 1 unspecified atom stereocenters. The number of carbonyl (C=O) groups excluding carboxylic acids is 1. The summed E-state index contributed by atoms with van der Waals surface area (Å²) in [5, 5.41) is 12.8. The summed E-state index contributed by atoms with van der Waals surface area (Å²) in [5.74, 6) is 0. The van der Waals surface area contributed by atoms with E-state index in [1.165, 1.54) is 9.80 Å². The van der Waals surface area contributed by atoms with Gasteiger partial charge in [-0.1, -0.05) is 51.3 Å². The third-order valence-corrected chi connectivity index (χ3v) is 5.68. The van der Waals surface area contributed by atoms with Crippen LogP contribution in [0.5, 0.6) is 0 Å². The number of nitrogens with zero attached hydrogens (tertiary/aromatic N) is 2. The van der Waals surface area contributed by atoms with E-state index in [9.17, 15) is 9.90 Å². The Labute approximate surface area is 181 Å². The third kappa shape index (κ3) is 3.40. The minimum atomic E-state index is -1.56. The fourth-order valence-corrected chi connectivity index (χ4v) is 3.98. The number of halogens is 3. The largest absolute Gasteiger partial charge is 0.365 e. The van der Waals surface area contributed by atoms with Gasteiger partial charge in [0, 0.05) is 31.5 Å². The molecule has 4 nitrogen and oxygen atoms in total. The van der Waals surface area contributed by atoms with E-state index in [1.54, 1.807) is 54.6 Å². The van der Waals surface area contributed by atoms with Crippen molar-refractivity contribution in [3.8, 4) is 0 Å². The van der Waals surface area contributed by atoms with E-state index in [4.69, 9.17) is 23.2 Å². The zero-order valence-electron chi connectivity index (χ0n) is 14.5. The van der Waals surface area contributed by atoms with Gasteiger partial charge in [-0.15, -0.1) is 0 Å². The molecule has 142 valence electrons. The van der Waals surface area contributed by atoms with Gasteiger partial charge in [0.1, 0.15) is 0 Å². The van der Waals surface area contributed by atoms with Crippen LogP contribution in [0.3, 0.4) is 0 Å². The van der Waals surface area contributed by atoms with Gasteiger partial charge in [0.2, 0.25) is 0 Å². The van der Waals surface area contributed by atoms with Crippen LogP contribution in [0, 0.1) is 0 Å². The quantitative estimate of drug-likeness (QED) is 0.499. The van der Waals surface area contributed by atoms with Gasteiger partial charge in [-0.2, -0.15) is 0 Å². The molecular formula is C21H15BrCl2N2O2. The molecule has 28 heavy (non-hydrogen) atoms. The summed E-state index contributed by atoms with van der Waals surface area (Å²) in [7, 11) is 0.